The molecule has 3 N–H and O–H groups in total. The van der Waals surface area contributed by atoms with Crippen LogP contribution >= 0.6 is 0 Å². The number of ketones is 2. The number of nitrogens with one attached hydrogen (secondary N) is 1. The number of fused-ring (bicyclic) bond motifs is 2. The molecule has 0 saturated carbocycles. The number of ether oxygens (including phenoxy) is 2. The molecule has 5 rings (SSSR count). The number of rotatable bonds is 6. The van der Waals surface area contributed by atoms with Crippen LogP contribution in [0.4, 0.5) is 17.1 Å². The van der Waals surface area contributed by atoms with Gasteiger partial charge in [-0.05, 0) is 42.5 Å². The number of hydrogen-bond acceptors (Lipinski definition) is 9. The number of nitrogens with two attached hydrogens (primary N) is 1. The number of anilines is 3. The molecule has 0 bridgehead atoms. The molecule has 0 spiro atoms. The molecule has 0 atom stereocenters. The van der Waals surface area contributed by atoms with Crippen LogP contribution in [0.15, 0.2) is 83.8 Å². The minimum Gasteiger partial charge on any atom is -0.744 e. The first kappa shape index (κ1) is 27.4. The quantitative estimate of drug-likeness (QED) is 0.186. The summed E-state index contributed by atoms with van der Waals surface area (Å²) in [5.41, 5.74) is 5.63. The number of para-hydroxylation sites is 2. The van der Waals surface area contributed by atoms with Crippen molar-refractivity contribution in [1.29, 1.82) is 0 Å². The Hall–Kier alpha value is -3.67. The minimum atomic E-state index is -5.06. The second kappa shape index (κ2) is 10.6. The zero-order chi connectivity index (χ0) is 26.3. The van der Waals surface area contributed by atoms with E-state index >= 15 is 0 Å². The van der Waals surface area contributed by atoms with Gasteiger partial charge < -0.3 is 25.1 Å². The Morgan fingerprint density at radius 1 is 0.816 bits per heavy atom. The number of methoxy groups -OCH3 is 1. The van der Waals surface area contributed by atoms with E-state index in [0.717, 1.165) is 6.07 Å². The average Bonchev–Trinajstić information content (AvgIpc) is 2.88. The summed E-state index contributed by atoms with van der Waals surface area (Å²) in [6, 6.07) is 20.8. The Balaban J connectivity index is 0.00000336. The second-order valence-electron chi connectivity index (χ2n) is 8.15. The van der Waals surface area contributed by atoms with Crippen LogP contribution in [0.1, 0.15) is 31.8 Å². The first-order valence-corrected chi connectivity index (χ1v) is 12.4. The van der Waals surface area contributed by atoms with E-state index in [9.17, 15) is 22.6 Å². The molecule has 4 aromatic rings. The van der Waals surface area contributed by atoms with Crippen molar-refractivity contribution in [3.8, 4) is 17.2 Å². The van der Waals surface area contributed by atoms with Gasteiger partial charge in [-0.25, -0.2) is 8.42 Å². The van der Waals surface area contributed by atoms with Crippen LogP contribution in [-0.2, 0) is 10.1 Å². The summed E-state index contributed by atoms with van der Waals surface area (Å²) < 4.78 is 47.0. The van der Waals surface area contributed by atoms with E-state index in [4.69, 9.17) is 15.2 Å². The fourth-order valence-electron chi connectivity index (χ4n) is 4.19. The van der Waals surface area contributed by atoms with Crippen molar-refractivity contribution in [3.05, 3.63) is 101 Å². The monoisotopic (exact) mass is 538 g/mol. The molecule has 9 nitrogen and oxygen atoms in total. The summed E-state index contributed by atoms with van der Waals surface area (Å²) in [5, 5.41) is 2.95. The normalized spacial score (nSPS) is 12.2. The first-order chi connectivity index (χ1) is 17.7. The van der Waals surface area contributed by atoms with Crippen LogP contribution < -0.4 is 50.1 Å². The topological polar surface area (TPSA) is 148 Å². The van der Waals surface area contributed by atoms with Crippen molar-refractivity contribution in [2.75, 3.05) is 18.2 Å². The number of carbonyl (C=O) groups excluding carboxylic acids is 2. The van der Waals surface area contributed by atoms with Gasteiger partial charge in [0.05, 0.1) is 34.5 Å². The smallest absolute Gasteiger partial charge is 0.744 e. The third-order valence-corrected chi connectivity index (χ3v) is 6.78. The zero-order valence-electron chi connectivity index (χ0n) is 20.3. The number of benzene rings is 4. The maximum Gasteiger partial charge on any atom is 1.00 e. The maximum atomic E-state index is 13.4. The summed E-state index contributed by atoms with van der Waals surface area (Å²) in [6.07, 6.45) is 0. The summed E-state index contributed by atoms with van der Waals surface area (Å²) >= 11 is 0. The SMILES string of the molecule is COc1ccccc1Oc1ccc(Nc2cc(S(=O)(=O)[O-])c(N)c3c2C(=O)c2ccccc2C3=O)cc1.[Na+]. The third kappa shape index (κ3) is 4.92. The molecule has 11 heteroatoms. The van der Waals surface area contributed by atoms with Crippen molar-refractivity contribution in [2.45, 2.75) is 4.90 Å². The molecule has 0 unspecified atom stereocenters. The fraction of sp³-hybridized carbons (Fsp3) is 0.0370. The van der Waals surface area contributed by atoms with Gasteiger partial charge in [0.2, 0.25) is 0 Å². The van der Waals surface area contributed by atoms with Gasteiger partial charge in [0.25, 0.3) is 0 Å². The van der Waals surface area contributed by atoms with E-state index < -0.39 is 32.3 Å². The molecule has 0 saturated heterocycles. The van der Waals surface area contributed by atoms with E-state index in [1.807, 2.05) is 6.07 Å². The van der Waals surface area contributed by atoms with Crippen molar-refractivity contribution >= 4 is 38.7 Å². The van der Waals surface area contributed by atoms with Gasteiger partial charge >= 0.3 is 29.6 Å². The van der Waals surface area contributed by atoms with Gasteiger partial charge in [0.15, 0.2) is 23.1 Å². The molecule has 38 heavy (non-hydrogen) atoms. The molecule has 0 amide bonds. The van der Waals surface area contributed by atoms with Crippen molar-refractivity contribution in [3.63, 3.8) is 0 Å². The van der Waals surface area contributed by atoms with Gasteiger partial charge in [-0.2, -0.15) is 0 Å². The van der Waals surface area contributed by atoms with E-state index in [-0.39, 0.29) is 57.5 Å². The Morgan fingerprint density at radius 3 is 1.95 bits per heavy atom. The second-order valence-corrected chi connectivity index (χ2v) is 9.49. The molecule has 0 fully saturated rings. The molecule has 186 valence electrons. The van der Waals surface area contributed by atoms with E-state index in [0.29, 0.717) is 22.9 Å². The third-order valence-electron chi connectivity index (χ3n) is 5.90. The molecule has 0 radical (unpaired) electrons. The number of carbonyl (C=O) groups is 2. The summed E-state index contributed by atoms with van der Waals surface area (Å²) in [5.74, 6) is 0.374. The molecular formula is C27H19N2NaO7S. The Labute approximate surface area is 240 Å². The molecule has 0 aliphatic heterocycles. The minimum absolute atomic E-state index is 0. The molecular weight excluding hydrogens is 519 g/mol. The Bertz CT molecular complexity index is 1690. The number of hydrogen-bond donors (Lipinski definition) is 2. The van der Waals surface area contributed by atoms with Crippen molar-refractivity contribution in [2.24, 2.45) is 0 Å². The zero-order valence-corrected chi connectivity index (χ0v) is 23.2. The van der Waals surface area contributed by atoms with Gasteiger partial charge in [-0.3, -0.25) is 9.59 Å². The Kier molecular flexibility index (Phi) is 7.63. The molecule has 1 aliphatic carbocycles. The predicted octanol–water partition coefficient (Wildman–Crippen LogP) is 1.50. The number of nitrogen functional groups attached to an aromatic ring is 1. The van der Waals surface area contributed by atoms with Gasteiger partial charge in [0, 0.05) is 16.8 Å². The van der Waals surface area contributed by atoms with Crippen LogP contribution in [0, 0.1) is 0 Å². The van der Waals surface area contributed by atoms with Crippen LogP contribution in [0.5, 0.6) is 17.2 Å². The van der Waals surface area contributed by atoms with E-state index in [2.05, 4.69) is 5.32 Å². The van der Waals surface area contributed by atoms with Crippen LogP contribution in [0.2, 0.25) is 0 Å². The van der Waals surface area contributed by atoms with Crippen LogP contribution in [0.25, 0.3) is 0 Å². The van der Waals surface area contributed by atoms with Gasteiger partial charge in [0.1, 0.15) is 15.9 Å². The molecule has 0 heterocycles. The average molecular weight is 539 g/mol. The Morgan fingerprint density at radius 2 is 1.37 bits per heavy atom. The summed E-state index contributed by atoms with van der Waals surface area (Å²) in [4.78, 5) is 25.8. The molecule has 0 aromatic heterocycles. The first-order valence-electron chi connectivity index (χ1n) is 11.0. The van der Waals surface area contributed by atoms with Gasteiger partial charge in [-0.15, -0.1) is 0 Å². The van der Waals surface area contributed by atoms with Crippen LogP contribution in [-0.4, -0.2) is 31.6 Å². The van der Waals surface area contributed by atoms with E-state index in [1.54, 1.807) is 54.6 Å². The standard InChI is InChI=1S/C27H20N2O7S.Na/c1-35-20-8-4-5-9-21(20)36-16-12-10-15(11-13-16)29-19-14-22(37(32,33)34)25(28)24-23(19)26(30)17-6-2-3-7-18(17)27(24)31;/h2-14,29H,28H2,1H3,(H,32,33,34);/q;+1/p-1. The largest absolute Gasteiger partial charge is 1.00 e. The summed E-state index contributed by atoms with van der Waals surface area (Å²) in [7, 11) is -3.53. The molecule has 1 aliphatic rings. The maximum absolute atomic E-state index is 13.4. The summed E-state index contributed by atoms with van der Waals surface area (Å²) in [6.45, 7) is 0. The predicted molar refractivity (Wildman–Crippen MR) is 135 cm³/mol. The van der Waals surface area contributed by atoms with Crippen molar-refractivity contribution in [1.82, 2.24) is 0 Å². The van der Waals surface area contributed by atoms with Gasteiger partial charge in [-0.1, -0.05) is 36.4 Å². The fourth-order valence-corrected chi connectivity index (χ4v) is 4.82. The van der Waals surface area contributed by atoms with Crippen molar-refractivity contribution < 1.29 is 61.6 Å². The molecule has 4 aromatic carbocycles. The van der Waals surface area contributed by atoms with Crippen LogP contribution in [0.3, 0.4) is 0 Å². The van der Waals surface area contributed by atoms with E-state index in [1.165, 1.54) is 19.2 Å².